The molecule has 2 heterocycles. The second kappa shape index (κ2) is 7.64. The monoisotopic (exact) mass is 332 g/mol. The zero-order chi connectivity index (χ0) is 16.9. The molecular formula is C21H24N4. The number of benzene rings is 2. The van der Waals surface area contributed by atoms with Gasteiger partial charge in [-0.2, -0.15) is 0 Å². The Balaban J connectivity index is 1.49. The van der Waals surface area contributed by atoms with Gasteiger partial charge in [0.1, 0.15) is 0 Å². The van der Waals surface area contributed by atoms with Gasteiger partial charge in [-0.05, 0) is 11.1 Å². The number of hydrogen-bond donors (Lipinski definition) is 1. The average Bonchev–Trinajstić information content (AvgIpc) is 3.18. The molecule has 1 saturated heterocycles. The van der Waals surface area contributed by atoms with E-state index >= 15 is 0 Å². The van der Waals surface area contributed by atoms with E-state index in [2.05, 4.69) is 80.4 Å². The second-order valence-electron chi connectivity index (χ2n) is 6.60. The van der Waals surface area contributed by atoms with Crippen LogP contribution in [0.15, 0.2) is 73.2 Å². The molecule has 1 aromatic heterocycles. The fraction of sp³-hybridized carbons (Fsp3) is 0.286. The first kappa shape index (κ1) is 16.1. The zero-order valence-corrected chi connectivity index (χ0v) is 14.4. The number of piperazine rings is 1. The maximum Gasteiger partial charge on any atom is 0.0923 e. The number of aromatic amines is 1. The molecule has 128 valence electrons. The van der Waals surface area contributed by atoms with Crippen LogP contribution in [0.2, 0.25) is 0 Å². The predicted octanol–water partition coefficient (Wildman–Crippen LogP) is 3.32. The van der Waals surface area contributed by atoms with Crippen molar-refractivity contribution in [2.24, 2.45) is 0 Å². The standard InChI is InChI=1S/C21H24N4/c1-3-7-18(8-4-1)21(19-9-5-2-6-10-19)25-13-11-24(12-14-25)16-20-15-22-17-23-20/h1-10,15,17,21H,11-14,16H2,(H,22,23). The number of rotatable bonds is 5. The van der Waals surface area contributed by atoms with E-state index in [0.717, 1.165) is 38.4 Å². The summed E-state index contributed by atoms with van der Waals surface area (Å²) in [5.41, 5.74) is 3.86. The second-order valence-corrected chi connectivity index (χ2v) is 6.60. The highest BCUT2D eigenvalue weighted by atomic mass is 15.3. The average molecular weight is 332 g/mol. The van der Waals surface area contributed by atoms with Crippen molar-refractivity contribution in [2.45, 2.75) is 12.6 Å². The van der Waals surface area contributed by atoms with E-state index in [9.17, 15) is 0 Å². The molecule has 0 unspecified atom stereocenters. The number of nitrogens with one attached hydrogen (secondary N) is 1. The van der Waals surface area contributed by atoms with Crippen molar-refractivity contribution >= 4 is 0 Å². The molecule has 0 radical (unpaired) electrons. The van der Waals surface area contributed by atoms with Crippen molar-refractivity contribution in [3.05, 3.63) is 90.0 Å². The van der Waals surface area contributed by atoms with Crippen LogP contribution in [-0.2, 0) is 6.54 Å². The Morgan fingerprint density at radius 2 is 1.44 bits per heavy atom. The van der Waals surface area contributed by atoms with Crippen LogP contribution in [0.3, 0.4) is 0 Å². The van der Waals surface area contributed by atoms with Crippen molar-refractivity contribution in [3.63, 3.8) is 0 Å². The van der Waals surface area contributed by atoms with Gasteiger partial charge < -0.3 is 4.98 Å². The molecule has 0 spiro atoms. The Morgan fingerprint density at radius 1 is 0.840 bits per heavy atom. The molecule has 0 saturated carbocycles. The molecule has 4 rings (SSSR count). The van der Waals surface area contributed by atoms with Crippen LogP contribution in [-0.4, -0.2) is 45.9 Å². The lowest BCUT2D eigenvalue weighted by Crippen LogP contribution is -2.47. The number of hydrogen-bond acceptors (Lipinski definition) is 3. The largest absolute Gasteiger partial charge is 0.351 e. The lowest BCUT2D eigenvalue weighted by atomic mass is 9.96. The maximum absolute atomic E-state index is 4.35. The highest BCUT2D eigenvalue weighted by Gasteiger charge is 2.26. The van der Waals surface area contributed by atoms with Crippen LogP contribution in [0.1, 0.15) is 22.9 Å². The molecular weight excluding hydrogens is 308 g/mol. The molecule has 1 N–H and O–H groups in total. The summed E-state index contributed by atoms with van der Waals surface area (Å²) in [4.78, 5) is 12.5. The van der Waals surface area contributed by atoms with Crippen molar-refractivity contribution < 1.29 is 0 Å². The summed E-state index contributed by atoms with van der Waals surface area (Å²) in [6, 6.07) is 22.0. The molecule has 25 heavy (non-hydrogen) atoms. The molecule has 2 aromatic carbocycles. The molecule has 1 aliphatic heterocycles. The number of H-pyrrole nitrogens is 1. The first-order valence-corrected chi connectivity index (χ1v) is 8.94. The van der Waals surface area contributed by atoms with E-state index in [0.29, 0.717) is 6.04 Å². The normalized spacial score (nSPS) is 16.4. The zero-order valence-electron chi connectivity index (χ0n) is 14.4. The topological polar surface area (TPSA) is 35.2 Å². The van der Waals surface area contributed by atoms with Crippen LogP contribution < -0.4 is 0 Å². The Kier molecular flexibility index (Phi) is 4.91. The van der Waals surface area contributed by atoms with Gasteiger partial charge in [0.2, 0.25) is 0 Å². The lowest BCUT2D eigenvalue weighted by Gasteiger charge is -2.39. The van der Waals surface area contributed by atoms with Crippen LogP contribution in [0.4, 0.5) is 0 Å². The van der Waals surface area contributed by atoms with Gasteiger partial charge in [-0.15, -0.1) is 0 Å². The highest BCUT2D eigenvalue weighted by molar-refractivity contribution is 5.31. The smallest absolute Gasteiger partial charge is 0.0923 e. The van der Waals surface area contributed by atoms with Gasteiger partial charge in [-0.3, -0.25) is 9.80 Å². The Labute approximate surface area is 149 Å². The fourth-order valence-corrected chi connectivity index (χ4v) is 3.67. The minimum atomic E-state index is 0.329. The molecule has 0 amide bonds. The molecule has 0 aliphatic carbocycles. The van der Waals surface area contributed by atoms with Crippen LogP contribution in [0.25, 0.3) is 0 Å². The van der Waals surface area contributed by atoms with Crippen molar-refractivity contribution in [2.75, 3.05) is 26.2 Å². The molecule has 1 fully saturated rings. The SMILES string of the molecule is c1ccc(C(c2ccccc2)N2CCN(Cc3c[nH]cn3)CC2)cc1. The van der Waals surface area contributed by atoms with Crippen molar-refractivity contribution in [3.8, 4) is 0 Å². The van der Waals surface area contributed by atoms with Gasteiger partial charge in [-0.25, -0.2) is 4.98 Å². The minimum absolute atomic E-state index is 0.329. The van der Waals surface area contributed by atoms with E-state index in [1.165, 1.54) is 11.1 Å². The Bertz CT molecular complexity index is 708. The van der Waals surface area contributed by atoms with Crippen molar-refractivity contribution in [1.82, 2.24) is 19.8 Å². The summed E-state index contributed by atoms with van der Waals surface area (Å²) >= 11 is 0. The van der Waals surface area contributed by atoms with Gasteiger partial charge in [0.15, 0.2) is 0 Å². The Hall–Kier alpha value is -2.43. The summed E-state index contributed by atoms with van der Waals surface area (Å²) in [5.74, 6) is 0. The third-order valence-electron chi connectivity index (χ3n) is 4.94. The van der Waals surface area contributed by atoms with Gasteiger partial charge in [0.25, 0.3) is 0 Å². The molecule has 4 nitrogen and oxygen atoms in total. The lowest BCUT2D eigenvalue weighted by molar-refractivity contribution is 0.104. The summed E-state index contributed by atoms with van der Waals surface area (Å²) in [6.07, 6.45) is 3.75. The molecule has 3 aromatic rings. The molecule has 1 aliphatic rings. The van der Waals surface area contributed by atoms with E-state index in [-0.39, 0.29) is 0 Å². The molecule has 4 heteroatoms. The summed E-state index contributed by atoms with van der Waals surface area (Å²) in [7, 11) is 0. The predicted molar refractivity (Wildman–Crippen MR) is 100 cm³/mol. The highest BCUT2D eigenvalue weighted by Crippen LogP contribution is 2.29. The summed E-state index contributed by atoms with van der Waals surface area (Å²) < 4.78 is 0. The fourth-order valence-electron chi connectivity index (χ4n) is 3.67. The van der Waals surface area contributed by atoms with Gasteiger partial charge in [-0.1, -0.05) is 60.7 Å². The van der Waals surface area contributed by atoms with E-state index < -0.39 is 0 Å². The molecule has 0 bridgehead atoms. The summed E-state index contributed by atoms with van der Waals surface area (Å²) in [5, 5.41) is 0. The number of nitrogens with zero attached hydrogens (tertiary/aromatic N) is 3. The van der Waals surface area contributed by atoms with Gasteiger partial charge in [0.05, 0.1) is 18.1 Å². The third kappa shape index (κ3) is 3.81. The van der Waals surface area contributed by atoms with E-state index in [1.54, 1.807) is 6.33 Å². The van der Waals surface area contributed by atoms with Gasteiger partial charge in [0, 0.05) is 38.9 Å². The molecule has 0 atom stereocenters. The number of imidazole rings is 1. The third-order valence-corrected chi connectivity index (χ3v) is 4.94. The quantitative estimate of drug-likeness (QED) is 0.778. The number of aromatic nitrogens is 2. The van der Waals surface area contributed by atoms with Crippen molar-refractivity contribution in [1.29, 1.82) is 0 Å². The van der Waals surface area contributed by atoms with Crippen LogP contribution in [0.5, 0.6) is 0 Å². The first-order valence-electron chi connectivity index (χ1n) is 8.94. The van der Waals surface area contributed by atoms with Gasteiger partial charge >= 0.3 is 0 Å². The van der Waals surface area contributed by atoms with E-state index in [1.807, 2.05) is 6.20 Å². The summed E-state index contributed by atoms with van der Waals surface area (Å²) in [6.45, 7) is 5.21. The van der Waals surface area contributed by atoms with E-state index in [4.69, 9.17) is 0 Å². The van der Waals surface area contributed by atoms with Crippen LogP contribution in [0, 0.1) is 0 Å². The minimum Gasteiger partial charge on any atom is -0.351 e. The maximum atomic E-state index is 4.35. The Morgan fingerprint density at radius 3 is 1.96 bits per heavy atom. The van der Waals surface area contributed by atoms with Crippen LogP contribution >= 0.6 is 0 Å². The first-order chi connectivity index (χ1) is 12.4.